The van der Waals surface area contributed by atoms with Crippen molar-refractivity contribution in [3.05, 3.63) is 236 Å². The Bertz CT molecular complexity index is 4380. The number of aryl methyl sites for hydroxylation is 4. The summed E-state index contributed by atoms with van der Waals surface area (Å²) in [4.78, 5) is 0. The van der Waals surface area contributed by atoms with Crippen molar-refractivity contribution in [2.24, 2.45) is 0 Å². The Labute approximate surface area is 452 Å². The minimum Gasteiger partial charge on any atom is -0.309 e. The molecular weight excluding hydrogens is 966 g/mol. The molecule has 0 aliphatic heterocycles. The average Bonchev–Trinajstić information content (AvgIpc) is 4.14. The first kappa shape index (κ1) is 49.7. The third-order valence-electron chi connectivity index (χ3n) is 15.5. The number of rotatable bonds is 5. The molecule has 0 bridgehead atoms. The van der Waals surface area contributed by atoms with E-state index in [0.717, 1.165) is 146 Å². The molecule has 0 radical (unpaired) electrons. The number of aromatic nitrogens is 2. The van der Waals surface area contributed by atoms with Gasteiger partial charge in [0.05, 0.1) is 56.2 Å². The lowest BCUT2D eigenvalue weighted by molar-refractivity contribution is -0.137. The monoisotopic (exact) mass is 1020 g/mol. The molecule has 12 rings (SSSR count). The maximum absolute atomic E-state index is 15.2. The molecule has 0 unspecified atom stereocenters. The molecule has 2 aliphatic carbocycles. The number of hydrogen-bond donors (Lipinski definition) is 0. The van der Waals surface area contributed by atoms with E-state index in [4.69, 9.17) is 0 Å². The van der Waals surface area contributed by atoms with E-state index in [1.54, 1.807) is 0 Å². The summed E-state index contributed by atoms with van der Waals surface area (Å²) in [5, 5.41) is 28.0. The first-order valence-electron chi connectivity index (χ1n) is 26.4. The largest absolute Gasteiger partial charge is 0.416 e. The molecule has 380 valence electrons. The number of fused-ring (bicyclic) bond motifs is 6. The summed E-state index contributed by atoms with van der Waals surface area (Å²) in [5.41, 5.74) is 19.9. The van der Waals surface area contributed by atoms with Crippen LogP contribution in [-0.2, 0) is 6.18 Å². The van der Waals surface area contributed by atoms with Gasteiger partial charge in [-0.25, -0.2) is 0 Å². The number of nitriles is 2. The highest BCUT2D eigenvalue weighted by molar-refractivity contribution is 6.13. The standard InChI is InChI=1S/C71H55F3N4/c1-40-17-41(2)22-53(21-40)49-9-13-60-61-14-10-50(54-23-42(3)18-43(4)24-54)33-67(61)77(66(60)32-49)65-37-64(57-29-48(38-75)30-59(31-57)71(72,73)74)70(36-58(65)39-76)78-68-34-51(55-25-44(5)19-45(6)26-55)11-15-62(68)63-16-12-52(35-69(63)78)56-27-46(7)20-47(8)28-56/h9-25,27,29-37H,26,28H2,1-8H3. The molecule has 10 aromatic rings. The molecule has 0 atom stereocenters. The highest BCUT2D eigenvalue weighted by atomic mass is 19.4. The molecule has 4 nitrogen and oxygen atoms in total. The molecule has 0 amide bonds. The molecule has 0 fully saturated rings. The average molecular weight is 1020 g/mol. The third kappa shape index (κ3) is 8.86. The van der Waals surface area contributed by atoms with Crippen LogP contribution in [0.25, 0.3) is 99.5 Å². The van der Waals surface area contributed by atoms with Gasteiger partial charge in [0.25, 0.3) is 0 Å². The van der Waals surface area contributed by atoms with Gasteiger partial charge in [-0.2, -0.15) is 23.7 Å². The van der Waals surface area contributed by atoms with Gasteiger partial charge >= 0.3 is 6.18 Å². The molecule has 2 aliphatic rings. The fourth-order valence-electron chi connectivity index (χ4n) is 12.5. The second kappa shape index (κ2) is 18.8. The van der Waals surface area contributed by atoms with E-state index >= 15 is 13.2 Å². The molecule has 0 saturated carbocycles. The minimum atomic E-state index is -4.76. The van der Waals surface area contributed by atoms with Crippen molar-refractivity contribution < 1.29 is 13.2 Å². The predicted octanol–water partition coefficient (Wildman–Crippen LogP) is 17.8. The zero-order valence-corrected chi connectivity index (χ0v) is 44.9. The zero-order valence-electron chi connectivity index (χ0n) is 44.9. The molecular formula is C71H55F3N4. The van der Waals surface area contributed by atoms with E-state index in [1.807, 2.05) is 18.2 Å². The third-order valence-corrected chi connectivity index (χ3v) is 15.5. The number of alkyl halides is 3. The first-order valence-corrected chi connectivity index (χ1v) is 26.4. The summed E-state index contributed by atoms with van der Waals surface area (Å²) in [6.45, 7) is 16.8. The molecule has 0 N–H and O–H groups in total. The predicted molar refractivity (Wildman–Crippen MR) is 315 cm³/mol. The van der Waals surface area contributed by atoms with Gasteiger partial charge in [-0.1, -0.05) is 154 Å². The molecule has 78 heavy (non-hydrogen) atoms. The Kier molecular flexibility index (Phi) is 12.0. The van der Waals surface area contributed by atoms with Crippen molar-refractivity contribution in [2.75, 3.05) is 0 Å². The van der Waals surface area contributed by atoms with Crippen LogP contribution in [0.15, 0.2) is 186 Å². The van der Waals surface area contributed by atoms with Gasteiger partial charge < -0.3 is 9.13 Å². The van der Waals surface area contributed by atoms with Crippen LogP contribution in [-0.4, -0.2) is 9.13 Å². The van der Waals surface area contributed by atoms with Crippen LogP contribution in [0.1, 0.15) is 79.5 Å². The summed E-state index contributed by atoms with van der Waals surface area (Å²) in [6, 6.07) is 50.8. The van der Waals surface area contributed by atoms with Crippen LogP contribution in [0.3, 0.4) is 0 Å². The minimum absolute atomic E-state index is 0.130. The van der Waals surface area contributed by atoms with E-state index in [2.05, 4.69) is 204 Å². The van der Waals surface area contributed by atoms with Crippen LogP contribution in [0.5, 0.6) is 0 Å². The van der Waals surface area contributed by atoms with Crippen LogP contribution < -0.4 is 10.4 Å². The smallest absolute Gasteiger partial charge is 0.309 e. The fourth-order valence-corrected chi connectivity index (χ4v) is 12.5. The topological polar surface area (TPSA) is 57.4 Å². The number of halogens is 3. The lowest BCUT2D eigenvalue weighted by Crippen LogP contribution is -2.10. The normalized spacial score (nSPS) is 15.3. The van der Waals surface area contributed by atoms with Crippen LogP contribution >= 0.6 is 0 Å². The summed E-state index contributed by atoms with van der Waals surface area (Å²) >= 11 is 0. The molecule has 0 saturated heterocycles. The first-order chi connectivity index (χ1) is 37.4. The number of nitrogens with zero attached hydrogens (tertiary/aromatic N) is 4. The Morgan fingerprint density at radius 1 is 0.410 bits per heavy atom. The van der Waals surface area contributed by atoms with Gasteiger partial charge in [-0.3, -0.25) is 0 Å². The van der Waals surface area contributed by atoms with Gasteiger partial charge in [-0.15, -0.1) is 0 Å². The summed E-state index contributed by atoms with van der Waals surface area (Å²) in [5.74, 6) is 0. The van der Waals surface area contributed by atoms with Crippen LogP contribution in [0.2, 0.25) is 0 Å². The van der Waals surface area contributed by atoms with Crippen molar-refractivity contribution in [3.8, 4) is 56.9 Å². The van der Waals surface area contributed by atoms with Gasteiger partial charge in [0.2, 0.25) is 0 Å². The van der Waals surface area contributed by atoms with E-state index < -0.39 is 11.7 Å². The van der Waals surface area contributed by atoms with Crippen molar-refractivity contribution in [2.45, 2.75) is 74.4 Å². The van der Waals surface area contributed by atoms with Crippen molar-refractivity contribution in [3.63, 3.8) is 0 Å². The second-order valence-electron chi connectivity index (χ2n) is 21.9. The van der Waals surface area contributed by atoms with E-state index in [1.165, 1.54) is 17.2 Å². The van der Waals surface area contributed by atoms with Crippen LogP contribution in [0.4, 0.5) is 13.2 Å². The van der Waals surface area contributed by atoms with Crippen molar-refractivity contribution in [1.82, 2.24) is 9.13 Å². The number of allylic oxidation sites excluding steroid dienone is 8. The van der Waals surface area contributed by atoms with Crippen LogP contribution in [0, 0.1) is 50.4 Å². The zero-order chi connectivity index (χ0) is 54.5. The van der Waals surface area contributed by atoms with Gasteiger partial charge in [0, 0.05) is 27.1 Å². The lowest BCUT2D eigenvalue weighted by atomic mass is 9.94. The maximum atomic E-state index is 15.2. The Morgan fingerprint density at radius 3 is 1.29 bits per heavy atom. The Balaban J connectivity index is 1.25. The SMILES string of the molecule is CC1=CC(=c2ccc3c4ccc(=C5C=C(C)C=C(C)C5)cc4n(-c4cc(C#N)c(-n5c6cc(-c7cc(C)cc(C)c7)ccc6c6ccc(-c7cc(C)cc(C)c7)cc65)cc4-c4cc(C#N)cc(C(F)(F)F)c4)c3c2)CC(C)=C1. The van der Waals surface area contributed by atoms with Gasteiger partial charge in [0.1, 0.15) is 6.07 Å². The van der Waals surface area contributed by atoms with Crippen molar-refractivity contribution in [1.29, 1.82) is 10.5 Å². The van der Waals surface area contributed by atoms with E-state index in [9.17, 15) is 10.5 Å². The summed E-state index contributed by atoms with van der Waals surface area (Å²) < 4.78 is 49.8. The quantitative estimate of drug-likeness (QED) is 0.172. The molecule has 2 aromatic heterocycles. The summed E-state index contributed by atoms with van der Waals surface area (Å²) in [6.07, 6.45) is 5.59. The maximum Gasteiger partial charge on any atom is 0.416 e. The Hall–Kier alpha value is -9.17. The number of hydrogen-bond acceptors (Lipinski definition) is 2. The van der Waals surface area contributed by atoms with Crippen molar-refractivity contribution >= 4 is 54.8 Å². The molecule has 2 heterocycles. The molecule has 0 spiro atoms. The second-order valence-corrected chi connectivity index (χ2v) is 21.9. The van der Waals surface area contributed by atoms with E-state index in [0.29, 0.717) is 22.5 Å². The summed E-state index contributed by atoms with van der Waals surface area (Å²) in [7, 11) is 0. The van der Waals surface area contributed by atoms with E-state index in [-0.39, 0.29) is 11.1 Å². The number of benzene rings is 8. The molecule has 8 aromatic carbocycles. The highest BCUT2D eigenvalue weighted by Gasteiger charge is 2.32. The highest BCUT2D eigenvalue weighted by Crippen LogP contribution is 2.44. The fraction of sp³-hybridized carbons (Fsp3) is 0.155. The Morgan fingerprint density at radius 2 is 0.859 bits per heavy atom. The molecule has 7 heteroatoms. The lowest BCUT2D eigenvalue weighted by Gasteiger charge is -2.20. The van der Waals surface area contributed by atoms with Gasteiger partial charge in [0.15, 0.2) is 0 Å². The van der Waals surface area contributed by atoms with Gasteiger partial charge in [-0.05, 0) is 172 Å².